The molecule has 0 saturated heterocycles. The lowest BCUT2D eigenvalue weighted by Crippen LogP contribution is -2.22. The first-order valence-electron chi connectivity index (χ1n) is 10.2. The number of fused-ring (bicyclic) bond motifs is 3. The molecule has 2 aromatic carbocycles. The Bertz CT molecular complexity index is 1570. The zero-order valence-corrected chi connectivity index (χ0v) is 18.7. The molecule has 0 bridgehead atoms. The third kappa shape index (κ3) is 3.62. The van der Waals surface area contributed by atoms with Gasteiger partial charge in [0.1, 0.15) is 5.82 Å². The van der Waals surface area contributed by atoms with Gasteiger partial charge in [-0.15, -0.1) is 16.8 Å². The van der Waals surface area contributed by atoms with Gasteiger partial charge in [0.2, 0.25) is 17.5 Å². The number of para-hydroxylation sites is 1. The number of hydrogen-bond acceptors (Lipinski definition) is 7. The van der Waals surface area contributed by atoms with Crippen molar-refractivity contribution in [2.45, 2.75) is 30.8 Å². The first-order chi connectivity index (χ1) is 16.0. The summed E-state index contributed by atoms with van der Waals surface area (Å²) < 4.78 is 22.8. The van der Waals surface area contributed by atoms with Gasteiger partial charge in [-0.2, -0.15) is 4.98 Å². The third-order valence-electron chi connectivity index (χ3n) is 5.29. The minimum atomic E-state index is -0.325. The van der Waals surface area contributed by atoms with Crippen LogP contribution in [0.2, 0.25) is 0 Å². The topological polar surface area (TPSA) is 91.1 Å². The molecule has 33 heavy (non-hydrogen) atoms. The second kappa shape index (κ2) is 8.28. The van der Waals surface area contributed by atoms with E-state index in [9.17, 15) is 9.18 Å². The second-order valence-electron chi connectivity index (χ2n) is 7.52. The lowest BCUT2D eigenvalue weighted by atomic mass is 10.1. The van der Waals surface area contributed by atoms with Crippen LogP contribution in [0.4, 0.5) is 4.39 Å². The van der Waals surface area contributed by atoms with Crippen LogP contribution < -0.4 is 5.56 Å². The Hall–Kier alpha value is -3.79. The summed E-state index contributed by atoms with van der Waals surface area (Å²) in [4.78, 5) is 17.4. The molecule has 0 radical (unpaired) electrons. The molecule has 5 aromatic rings. The van der Waals surface area contributed by atoms with Crippen LogP contribution >= 0.6 is 11.8 Å². The number of nitrogens with zero attached hydrogens (tertiary/aromatic N) is 6. The lowest BCUT2D eigenvalue weighted by molar-refractivity contribution is 0.380. The van der Waals surface area contributed by atoms with Gasteiger partial charge in [0, 0.05) is 12.1 Å². The Morgan fingerprint density at radius 3 is 2.85 bits per heavy atom. The van der Waals surface area contributed by atoms with Gasteiger partial charge >= 0.3 is 0 Å². The van der Waals surface area contributed by atoms with Crippen molar-refractivity contribution in [3.63, 3.8) is 0 Å². The van der Waals surface area contributed by atoms with Crippen molar-refractivity contribution in [2.24, 2.45) is 0 Å². The van der Waals surface area contributed by atoms with E-state index in [-0.39, 0.29) is 16.6 Å². The molecular weight excluding hydrogens is 443 g/mol. The number of aromatic nitrogens is 6. The zero-order valence-electron chi connectivity index (χ0n) is 17.9. The first-order valence-corrected chi connectivity index (χ1v) is 11.1. The standard InChI is InChI=1S/C23H19FN6O2S/c1-4-11-29-21(31)16-7-5-6-8-18(16)30-22(29)26-27-23(30)33-14(3)20-25-19(28-32-20)15-10-9-13(2)17(24)12-15/h4-10,12,14H,1,11H2,2-3H3. The van der Waals surface area contributed by atoms with Crippen LogP contribution in [0.25, 0.3) is 28.1 Å². The lowest BCUT2D eigenvalue weighted by Gasteiger charge is -2.10. The van der Waals surface area contributed by atoms with Gasteiger partial charge in [0.15, 0.2) is 5.16 Å². The molecule has 1 atom stereocenters. The molecular formula is C23H19FN6O2S. The molecule has 3 aromatic heterocycles. The molecule has 0 aliphatic carbocycles. The van der Waals surface area contributed by atoms with E-state index < -0.39 is 0 Å². The Labute approximate surface area is 191 Å². The Morgan fingerprint density at radius 1 is 1.24 bits per heavy atom. The Morgan fingerprint density at radius 2 is 2.06 bits per heavy atom. The van der Waals surface area contributed by atoms with Gasteiger partial charge in [-0.1, -0.05) is 47.3 Å². The SMILES string of the molecule is C=CCn1c(=O)c2ccccc2n2c(SC(C)c3nc(-c4ccc(C)c(F)c4)no3)nnc12. The highest BCUT2D eigenvalue weighted by Gasteiger charge is 2.22. The zero-order chi connectivity index (χ0) is 23.1. The average molecular weight is 463 g/mol. The average Bonchev–Trinajstić information content (AvgIpc) is 3.47. The van der Waals surface area contributed by atoms with E-state index in [2.05, 4.69) is 26.9 Å². The summed E-state index contributed by atoms with van der Waals surface area (Å²) in [6.45, 7) is 7.65. The molecule has 1 unspecified atom stereocenters. The molecule has 3 heterocycles. The minimum Gasteiger partial charge on any atom is -0.338 e. The normalized spacial score (nSPS) is 12.5. The van der Waals surface area contributed by atoms with Gasteiger partial charge < -0.3 is 4.52 Å². The highest BCUT2D eigenvalue weighted by Crippen LogP contribution is 2.34. The third-order valence-corrected chi connectivity index (χ3v) is 6.32. The summed E-state index contributed by atoms with van der Waals surface area (Å²) in [6.07, 6.45) is 1.65. The molecule has 10 heteroatoms. The minimum absolute atomic E-state index is 0.151. The van der Waals surface area contributed by atoms with Crippen molar-refractivity contribution in [1.29, 1.82) is 0 Å². The van der Waals surface area contributed by atoms with Crippen molar-refractivity contribution in [2.75, 3.05) is 0 Å². The van der Waals surface area contributed by atoms with Crippen LogP contribution in [0.5, 0.6) is 0 Å². The van der Waals surface area contributed by atoms with Crippen LogP contribution in [0.15, 0.2) is 69.6 Å². The fourth-order valence-electron chi connectivity index (χ4n) is 3.56. The molecule has 5 rings (SSSR count). The van der Waals surface area contributed by atoms with Crippen LogP contribution in [0, 0.1) is 12.7 Å². The molecule has 0 spiro atoms. The smallest absolute Gasteiger partial charge is 0.263 e. The van der Waals surface area contributed by atoms with Gasteiger partial charge in [-0.25, -0.2) is 4.39 Å². The molecule has 8 nitrogen and oxygen atoms in total. The van der Waals surface area contributed by atoms with Crippen molar-refractivity contribution in [3.8, 4) is 11.4 Å². The van der Waals surface area contributed by atoms with Crippen LogP contribution in [-0.4, -0.2) is 29.3 Å². The van der Waals surface area contributed by atoms with Crippen molar-refractivity contribution >= 4 is 28.4 Å². The summed E-state index contributed by atoms with van der Waals surface area (Å²) >= 11 is 1.37. The van der Waals surface area contributed by atoms with E-state index in [4.69, 9.17) is 4.52 Å². The maximum absolute atomic E-state index is 13.9. The van der Waals surface area contributed by atoms with E-state index >= 15 is 0 Å². The van der Waals surface area contributed by atoms with Gasteiger partial charge in [-0.3, -0.25) is 13.8 Å². The van der Waals surface area contributed by atoms with Gasteiger partial charge in [-0.05, 0) is 37.6 Å². The summed E-state index contributed by atoms with van der Waals surface area (Å²) in [6, 6.07) is 12.1. The van der Waals surface area contributed by atoms with E-state index in [0.29, 0.717) is 51.2 Å². The molecule has 0 aliphatic rings. The van der Waals surface area contributed by atoms with Crippen LogP contribution in [-0.2, 0) is 6.54 Å². The van der Waals surface area contributed by atoms with Gasteiger partial charge in [0.05, 0.1) is 16.2 Å². The van der Waals surface area contributed by atoms with E-state index in [1.807, 2.05) is 29.5 Å². The number of rotatable bonds is 6. The Balaban J connectivity index is 1.53. The number of benzene rings is 2. The Kier molecular flexibility index (Phi) is 5.29. The summed E-state index contributed by atoms with van der Waals surface area (Å²) in [5.41, 5.74) is 1.64. The predicted octanol–water partition coefficient (Wildman–Crippen LogP) is 4.58. The number of thioether (sulfide) groups is 1. The van der Waals surface area contributed by atoms with Crippen LogP contribution in [0.1, 0.15) is 23.6 Å². The van der Waals surface area contributed by atoms with Crippen molar-refractivity contribution < 1.29 is 8.91 Å². The van der Waals surface area contributed by atoms with E-state index in [1.165, 1.54) is 22.4 Å². The van der Waals surface area contributed by atoms with Crippen LogP contribution in [0.3, 0.4) is 0 Å². The fraction of sp³-hybridized carbons (Fsp3) is 0.174. The molecule has 0 aliphatic heterocycles. The number of hydrogen-bond donors (Lipinski definition) is 0. The largest absolute Gasteiger partial charge is 0.338 e. The highest BCUT2D eigenvalue weighted by atomic mass is 32.2. The quantitative estimate of drug-likeness (QED) is 0.269. The summed E-state index contributed by atoms with van der Waals surface area (Å²) in [7, 11) is 0. The summed E-state index contributed by atoms with van der Waals surface area (Å²) in [5.74, 6) is 0.785. The number of halogens is 1. The van der Waals surface area contributed by atoms with Crippen molar-refractivity contribution in [1.82, 2.24) is 29.3 Å². The molecule has 0 saturated carbocycles. The van der Waals surface area contributed by atoms with E-state index in [0.717, 1.165) is 0 Å². The predicted molar refractivity (Wildman–Crippen MR) is 124 cm³/mol. The van der Waals surface area contributed by atoms with E-state index in [1.54, 1.807) is 31.2 Å². The fourth-order valence-corrected chi connectivity index (χ4v) is 4.45. The first kappa shape index (κ1) is 21.1. The molecule has 0 amide bonds. The summed E-state index contributed by atoms with van der Waals surface area (Å²) in [5, 5.41) is 13.5. The maximum atomic E-state index is 13.9. The highest BCUT2D eigenvalue weighted by molar-refractivity contribution is 7.99. The molecule has 166 valence electrons. The van der Waals surface area contributed by atoms with Crippen molar-refractivity contribution in [3.05, 3.63) is 82.7 Å². The molecule has 0 fully saturated rings. The number of allylic oxidation sites excluding steroid dienone is 1. The van der Waals surface area contributed by atoms with Gasteiger partial charge in [0.25, 0.3) is 5.56 Å². The number of aryl methyl sites for hydroxylation is 1. The second-order valence-corrected chi connectivity index (χ2v) is 8.83. The monoisotopic (exact) mass is 462 g/mol. The maximum Gasteiger partial charge on any atom is 0.263 e. The molecule has 0 N–H and O–H groups in total.